The van der Waals surface area contributed by atoms with Crippen molar-refractivity contribution in [1.29, 1.82) is 0 Å². The van der Waals surface area contributed by atoms with Gasteiger partial charge in [-0.15, -0.1) is 0 Å². The summed E-state index contributed by atoms with van der Waals surface area (Å²) >= 11 is 0. The molecule has 2 aromatic carbocycles. The van der Waals surface area contributed by atoms with Gasteiger partial charge in [0.25, 0.3) is 0 Å². The van der Waals surface area contributed by atoms with Crippen LogP contribution in [0.1, 0.15) is 76.1 Å². The molecule has 0 heterocycles. The summed E-state index contributed by atoms with van der Waals surface area (Å²) in [6, 6.07) is 11.6. The zero-order valence-corrected chi connectivity index (χ0v) is 24.0. The van der Waals surface area contributed by atoms with E-state index in [1.807, 2.05) is 37.3 Å². The van der Waals surface area contributed by atoms with Gasteiger partial charge in [-0.2, -0.15) is 0 Å². The SMILES string of the molecule is CCCCCN(C(=O)C(CC(N)=O)NC(=O)OC(C)(C)C)C(C(=O)NCc1ccccc1)c1cccc(C)c1O. The minimum Gasteiger partial charge on any atom is -0.507 e. The lowest BCUT2D eigenvalue weighted by Gasteiger charge is -2.34. The number of rotatable bonds is 13. The summed E-state index contributed by atoms with van der Waals surface area (Å²) in [6.45, 7) is 9.03. The Balaban J connectivity index is 2.54. The Bertz CT molecular complexity index is 1160. The summed E-state index contributed by atoms with van der Waals surface area (Å²) in [5.41, 5.74) is 6.20. The van der Waals surface area contributed by atoms with Crippen molar-refractivity contribution in [3.05, 3.63) is 65.2 Å². The number of benzene rings is 2. The summed E-state index contributed by atoms with van der Waals surface area (Å²) < 4.78 is 5.30. The van der Waals surface area contributed by atoms with Crippen molar-refractivity contribution >= 4 is 23.8 Å². The van der Waals surface area contributed by atoms with Crippen LogP contribution in [-0.4, -0.2) is 52.0 Å². The third-order valence-electron chi connectivity index (χ3n) is 6.11. The van der Waals surface area contributed by atoms with Gasteiger partial charge in [0.1, 0.15) is 23.4 Å². The van der Waals surface area contributed by atoms with Gasteiger partial charge in [-0.25, -0.2) is 4.79 Å². The van der Waals surface area contributed by atoms with E-state index in [4.69, 9.17) is 10.5 Å². The molecule has 218 valence electrons. The highest BCUT2D eigenvalue weighted by molar-refractivity contribution is 5.94. The number of para-hydroxylation sites is 1. The number of phenolic OH excluding ortho intramolecular Hbond substituents is 1. The molecule has 0 aliphatic rings. The maximum Gasteiger partial charge on any atom is 0.408 e. The first kappa shape index (κ1) is 32.1. The average molecular weight is 555 g/mol. The van der Waals surface area contributed by atoms with E-state index in [1.54, 1.807) is 45.9 Å². The number of carbonyl (C=O) groups is 4. The van der Waals surface area contributed by atoms with Crippen LogP contribution in [0.2, 0.25) is 0 Å². The van der Waals surface area contributed by atoms with E-state index < -0.39 is 47.9 Å². The molecule has 0 saturated carbocycles. The lowest BCUT2D eigenvalue weighted by atomic mass is 9.98. The molecule has 0 radical (unpaired) electrons. The molecule has 0 aliphatic carbocycles. The van der Waals surface area contributed by atoms with Crippen LogP contribution in [0.25, 0.3) is 0 Å². The van der Waals surface area contributed by atoms with Crippen molar-refractivity contribution < 1.29 is 29.0 Å². The van der Waals surface area contributed by atoms with Crippen LogP contribution >= 0.6 is 0 Å². The number of ether oxygens (including phenoxy) is 1. The van der Waals surface area contributed by atoms with Gasteiger partial charge in [-0.1, -0.05) is 68.3 Å². The second-order valence-corrected chi connectivity index (χ2v) is 10.7. The molecule has 2 rings (SSSR count). The predicted octanol–water partition coefficient (Wildman–Crippen LogP) is 3.85. The van der Waals surface area contributed by atoms with E-state index in [1.165, 1.54) is 4.90 Å². The van der Waals surface area contributed by atoms with Gasteiger partial charge in [0.15, 0.2) is 0 Å². The predicted molar refractivity (Wildman–Crippen MR) is 152 cm³/mol. The minimum absolute atomic E-state index is 0.123. The van der Waals surface area contributed by atoms with E-state index in [0.717, 1.165) is 18.4 Å². The van der Waals surface area contributed by atoms with Crippen LogP contribution in [0.15, 0.2) is 48.5 Å². The van der Waals surface area contributed by atoms with Crippen LogP contribution in [-0.2, 0) is 25.7 Å². The summed E-state index contributed by atoms with van der Waals surface area (Å²) in [5, 5.41) is 16.3. The Morgan fingerprint density at radius 3 is 2.30 bits per heavy atom. The van der Waals surface area contributed by atoms with Crippen molar-refractivity contribution in [1.82, 2.24) is 15.5 Å². The molecule has 10 heteroatoms. The Kier molecular flexibility index (Phi) is 12.0. The van der Waals surface area contributed by atoms with E-state index in [-0.39, 0.29) is 24.4 Å². The summed E-state index contributed by atoms with van der Waals surface area (Å²) in [7, 11) is 0. The highest BCUT2D eigenvalue weighted by atomic mass is 16.6. The maximum absolute atomic E-state index is 14.1. The van der Waals surface area contributed by atoms with Gasteiger partial charge in [0, 0.05) is 18.7 Å². The molecule has 2 aromatic rings. The Labute approximate surface area is 236 Å². The molecule has 10 nitrogen and oxygen atoms in total. The van der Waals surface area contributed by atoms with Gasteiger partial charge >= 0.3 is 6.09 Å². The zero-order valence-electron chi connectivity index (χ0n) is 24.0. The Morgan fingerprint density at radius 2 is 1.70 bits per heavy atom. The Morgan fingerprint density at radius 1 is 1.02 bits per heavy atom. The second kappa shape index (κ2) is 14.9. The molecule has 0 aromatic heterocycles. The molecular formula is C30H42N4O6. The number of unbranched alkanes of at least 4 members (excludes halogenated alkanes) is 2. The average Bonchev–Trinajstić information content (AvgIpc) is 2.87. The van der Waals surface area contributed by atoms with E-state index in [2.05, 4.69) is 10.6 Å². The van der Waals surface area contributed by atoms with Gasteiger partial charge in [0.2, 0.25) is 17.7 Å². The third-order valence-corrected chi connectivity index (χ3v) is 6.11. The molecule has 2 unspecified atom stereocenters. The number of hydrogen-bond acceptors (Lipinski definition) is 6. The first-order valence-corrected chi connectivity index (χ1v) is 13.5. The number of primary amides is 1. The molecule has 0 spiro atoms. The first-order chi connectivity index (χ1) is 18.8. The number of alkyl carbamates (subject to hydrolysis) is 1. The topological polar surface area (TPSA) is 151 Å². The lowest BCUT2D eigenvalue weighted by molar-refractivity contribution is -0.143. The normalized spacial score (nSPS) is 12.6. The van der Waals surface area contributed by atoms with Gasteiger partial charge in [0.05, 0.1) is 6.42 Å². The van der Waals surface area contributed by atoms with E-state index in [9.17, 15) is 24.3 Å². The van der Waals surface area contributed by atoms with E-state index in [0.29, 0.717) is 12.0 Å². The molecule has 0 fully saturated rings. The van der Waals surface area contributed by atoms with Crippen molar-refractivity contribution in [3.63, 3.8) is 0 Å². The highest BCUT2D eigenvalue weighted by Crippen LogP contribution is 2.33. The molecule has 4 amide bonds. The summed E-state index contributed by atoms with van der Waals surface area (Å²) in [5.74, 6) is -2.15. The van der Waals surface area contributed by atoms with Gasteiger partial charge in [-0.05, 0) is 45.2 Å². The van der Waals surface area contributed by atoms with Crippen LogP contribution in [0.5, 0.6) is 5.75 Å². The number of nitrogens with one attached hydrogen (secondary N) is 2. The summed E-state index contributed by atoms with van der Waals surface area (Å²) in [4.78, 5) is 53.7. The van der Waals surface area contributed by atoms with Crippen LogP contribution in [0.4, 0.5) is 4.79 Å². The van der Waals surface area contributed by atoms with Crippen LogP contribution in [0.3, 0.4) is 0 Å². The lowest BCUT2D eigenvalue weighted by Crippen LogP contribution is -2.54. The fourth-order valence-electron chi connectivity index (χ4n) is 4.18. The molecule has 40 heavy (non-hydrogen) atoms. The largest absolute Gasteiger partial charge is 0.507 e. The molecule has 0 aliphatic heterocycles. The molecule has 2 atom stereocenters. The second-order valence-electron chi connectivity index (χ2n) is 10.7. The fraction of sp³-hybridized carbons (Fsp3) is 0.467. The minimum atomic E-state index is -1.38. The summed E-state index contributed by atoms with van der Waals surface area (Å²) in [6.07, 6.45) is 0.767. The van der Waals surface area contributed by atoms with Gasteiger partial charge in [-0.3, -0.25) is 14.4 Å². The fourth-order valence-corrected chi connectivity index (χ4v) is 4.18. The first-order valence-electron chi connectivity index (χ1n) is 13.5. The zero-order chi connectivity index (χ0) is 29.9. The number of amides is 4. The smallest absolute Gasteiger partial charge is 0.408 e. The maximum atomic E-state index is 14.1. The third kappa shape index (κ3) is 9.91. The molecular weight excluding hydrogens is 512 g/mol. The highest BCUT2D eigenvalue weighted by Gasteiger charge is 2.38. The van der Waals surface area contributed by atoms with Crippen molar-refractivity contribution in [2.24, 2.45) is 5.73 Å². The number of nitrogens with zero attached hydrogens (tertiary/aromatic N) is 1. The van der Waals surface area contributed by atoms with Gasteiger partial charge < -0.3 is 31.1 Å². The van der Waals surface area contributed by atoms with Crippen molar-refractivity contribution in [3.8, 4) is 5.75 Å². The van der Waals surface area contributed by atoms with Crippen molar-refractivity contribution in [2.75, 3.05) is 6.54 Å². The standard InChI is InChI=1S/C30H42N4O6/c1-6-7-11-17-34(28(38)23(18-24(31)35)33-29(39)40-30(3,4)5)25(22-16-12-13-20(2)26(22)36)27(37)32-19-21-14-9-8-10-15-21/h8-10,12-16,23,25,36H,6-7,11,17-19H2,1-5H3,(H2,31,35)(H,32,37)(H,33,39). The molecule has 5 N–H and O–H groups in total. The number of aryl methyl sites for hydroxylation is 1. The van der Waals surface area contributed by atoms with Crippen LogP contribution < -0.4 is 16.4 Å². The van der Waals surface area contributed by atoms with E-state index >= 15 is 0 Å². The number of hydrogen-bond donors (Lipinski definition) is 4. The van der Waals surface area contributed by atoms with Crippen molar-refractivity contribution in [2.45, 2.75) is 84.5 Å². The number of nitrogens with two attached hydrogens (primary N) is 1. The number of aromatic hydroxyl groups is 1. The monoisotopic (exact) mass is 554 g/mol. The number of phenols is 1. The molecule has 0 bridgehead atoms. The van der Waals surface area contributed by atoms with Crippen LogP contribution in [0, 0.1) is 6.92 Å². The molecule has 0 saturated heterocycles. The quantitative estimate of drug-likeness (QED) is 0.276. The Hall–Kier alpha value is -4.08. The number of carbonyl (C=O) groups excluding carboxylic acids is 4.